The second kappa shape index (κ2) is 11.1. The average Bonchev–Trinajstić information content (AvgIpc) is 3.50. The minimum Gasteiger partial charge on any atom is -0.302 e. The van der Waals surface area contributed by atoms with Gasteiger partial charge in [0.25, 0.3) is 0 Å². The first-order valence-electron chi connectivity index (χ1n) is 12.3. The number of sulfonamides is 1. The predicted octanol–water partition coefficient (Wildman–Crippen LogP) is 5.09. The predicted molar refractivity (Wildman–Crippen MR) is 148 cm³/mol. The van der Waals surface area contributed by atoms with E-state index in [-0.39, 0.29) is 10.8 Å². The van der Waals surface area contributed by atoms with Crippen LogP contribution < -0.4 is 4.90 Å². The number of carbonyl (C=O) groups excluding carboxylic acids is 1. The number of carbonyl (C=O) groups is 1. The number of likely N-dealkylation sites (N-methyl/N-ethyl adjacent to an activating group) is 1. The molecule has 1 aromatic heterocycles. The average molecular weight is 549 g/mol. The molecule has 4 rings (SSSR count). The standard InChI is InChI=1S/C26H33ClN4O3S2/c1-5-29(6-2)14-15-30(26-28-24-19(4)16-18(3)17-23(24)35-26)25(32)22-8-7-13-31(22)36(33,34)21-11-9-20(27)10-12-21/h9-12,16-17,22H,5-8,13-15H2,1-4H3. The van der Waals surface area contributed by atoms with Crippen LogP contribution in [-0.4, -0.2) is 67.3 Å². The molecule has 2 heterocycles. The summed E-state index contributed by atoms with van der Waals surface area (Å²) in [6.07, 6.45) is 1.11. The number of fused-ring (bicyclic) bond motifs is 1. The van der Waals surface area contributed by atoms with Crippen LogP contribution in [-0.2, 0) is 14.8 Å². The Bertz CT molecular complexity index is 1340. The number of rotatable bonds is 9. The highest BCUT2D eigenvalue weighted by molar-refractivity contribution is 7.89. The first-order chi connectivity index (χ1) is 17.1. The largest absolute Gasteiger partial charge is 0.302 e. The number of amides is 1. The Labute approximate surface area is 222 Å². The summed E-state index contributed by atoms with van der Waals surface area (Å²) in [5, 5.41) is 1.08. The van der Waals surface area contributed by atoms with Crippen molar-refractivity contribution in [2.24, 2.45) is 0 Å². The summed E-state index contributed by atoms with van der Waals surface area (Å²) >= 11 is 7.46. The van der Waals surface area contributed by atoms with E-state index in [1.807, 2.05) is 13.8 Å². The maximum absolute atomic E-state index is 14.1. The Hall–Kier alpha value is -2.04. The minimum absolute atomic E-state index is 0.146. The fraction of sp³-hybridized carbons (Fsp3) is 0.462. The molecular weight excluding hydrogens is 516 g/mol. The van der Waals surface area contributed by atoms with Crippen molar-refractivity contribution in [2.75, 3.05) is 37.6 Å². The van der Waals surface area contributed by atoms with Gasteiger partial charge >= 0.3 is 0 Å². The lowest BCUT2D eigenvalue weighted by atomic mass is 10.1. The quantitative estimate of drug-likeness (QED) is 0.372. The molecule has 1 fully saturated rings. The van der Waals surface area contributed by atoms with Crippen molar-refractivity contribution in [3.05, 3.63) is 52.5 Å². The van der Waals surface area contributed by atoms with Crippen molar-refractivity contribution in [1.29, 1.82) is 0 Å². The Morgan fingerprint density at radius 3 is 2.50 bits per heavy atom. The summed E-state index contributed by atoms with van der Waals surface area (Å²) in [6.45, 7) is 11.4. The Morgan fingerprint density at radius 1 is 1.14 bits per heavy atom. The minimum atomic E-state index is -3.84. The molecule has 1 unspecified atom stereocenters. The molecule has 1 aliphatic rings. The number of hydrogen-bond acceptors (Lipinski definition) is 6. The number of nitrogens with zero attached hydrogens (tertiary/aromatic N) is 4. The third-order valence-electron chi connectivity index (χ3n) is 6.76. The van der Waals surface area contributed by atoms with Gasteiger partial charge in [-0.2, -0.15) is 4.31 Å². The first-order valence-corrected chi connectivity index (χ1v) is 15.0. The molecule has 7 nitrogen and oxygen atoms in total. The van der Waals surface area contributed by atoms with E-state index in [0.717, 1.165) is 34.4 Å². The molecule has 0 aliphatic carbocycles. The Morgan fingerprint density at radius 2 is 1.83 bits per heavy atom. The number of aromatic nitrogens is 1. The van der Waals surface area contributed by atoms with E-state index in [1.54, 1.807) is 17.0 Å². The normalized spacial score (nSPS) is 16.8. The topological polar surface area (TPSA) is 73.8 Å². The zero-order valence-electron chi connectivity index (χ0n) is 21.2. The Balaban J connectivity index is 1.69. The molecule has 1 saturated heterocycles. The number of benzene rings is 2. The molecule has 0 spiro atoms. The highest BCUT2D eigenvalue weighted by atomic mass is 35.5. The highest BCUT2D eigenvalue weighted by Gasteiger charge is 2.42. The van der Waals surface area contributed by atoms with Crippen molar-refractivity contribution in [1.82, 2.24) is 14.2 Å². The van der Waals surface area contributed by atoms with E-state index < -0.39 is 16.1 Å². The number of anilines is 1. The van der Waals surface area contributed by atoms with Gasteiger partial charge in [0.05, 0.1) is 15.1 Å². The number of hydrogen-bond donors (Lipinski definition) is 0. The summed E-state index contributed by atoms with van der Waals surface area (Å²) in [7, 11) is -3.84. The molecule has 3 aromatic rings. The lowest BCUT2D eigenvalue weighted by Crippen LogP contribution is -2.49. The van der Waals surface area contributed by atoms with E-state index in [2.05, 4.69) is 30.9 Å². The van der Waals surface area contributed by atoms with E-state index in [9.17, 15) is 13.2 Å². The van der Waals surface area contributed by atoms with E-state index in [0.29, 0.717) is 42.6 Å². The number of halogens is 1. The molecule has 36 heavy (non-hydrogen) atoms. The summed E-state index contributed by atoms with van der Waals surface area (Å²) in [5.74, 6) is -0.217. The number of aryl methyl sites for hydroxylation is 2. The molecule has 1 atom stereocenters. The number of thiazole rings is 1. The molecule has 2 aromatic carbocycles. The smallest absolute Gasteiger partial charge is 0.247 e. The molecule has 0 saturated carbocycles. The molecule has 0 radical (unpaired) electrons. The summed E-state index contributed by atoms with van der Waals surface area (Å²) < 4.78 is 29.4. The second-order valence-corrected chi connectivity index (χ2v) is 12.5. The van der Waals surface area contributed by atoms with Crippen LogP contribution in [0.1, 0.15) is 37.8 Å². The zero-order chi connectivity index (χ0) is 26.0. The van der Waals surface area contributed by atoms with E-state index >= 15 is 0 Å². The van der Waals surface area contributed by atoms with Crippen LogP contribution in [0.15, 0.2) is 41.3 Å². The van der Waals surface area contributed by atoms with Crippen LogP contribution in [0.25, 0.3) is 10.2 Å². The van der Waals surface area contributed by atoms with Gasteiger partial charge in [0, 0.05) is 24.7 Å². The van der Waals surface area contributed by atoms with Gasteiger partial charge in [0.1, 0.15) is 6.04 Å². The van der Waals surface area contributed by atoms with Gasteiger partial charge in [0.2, 0.25) is 15.9 Å². The van der Waals surface area contributed by atoms with Crippen LogP contribution in [0.4, 0.5) is 5.13 Å². The van der Waals surface area contributed by atoms with Crippen LogP contribution in [0.3, 0.4) is 0 Å². The third-order valence-corrected chi connectivity index (χ3v) is 9.96. The molecule has 1 amide bonds. The monoisotopic (exact) mass is 548 g/mol. The van der Waals surface area contributed by atoms with E-state index in [4.69, 9.17) is 16.6 Å². The molecule has 194 valence electrons. The van der Waals surface area contributed by atoms with Crippen molar-refractivity contribution >= 4 is 54.2 Å². The van der Waals surface area contributed by atoms with Crippen LogP contribution >= 0.6 is 22.9 Å². The molecular formula is C26H33ClN4O3S2. The molecule has 0 N–H and O–H groups in total. The van der Waals surface area contributed by atoms with Crippen LogP contribution in [0.2, 0.25) is 5.02 Å². The van der Waals surface area contributed by atoms with Gasteiger partial charge in [-0.25, -0.2) is 13.4 Å². The van der Waals surface area contributed by atoms with Gasteiger partial charge in [0.15, 0.2) is 5.13 Å². The van der Waals surface area contributed by atoms with Crippen molar-refractivity contribution < 1.29 is 13.2 Å². The fourth-order valence-corrected chi connectivity index (χ4v) is 7.70. The summed E-state index contributed by atoms with van der Waals surface area (Å²) in [4.78, 5) is 23.0. The zero-order valence-corrected chi connectivity index (χ0v) is 23.6. The highest BCUT2D eigenvalue weighted by Crippen LogP contribution is 2.34. The maximum Gasteiger partial charge on any atom is 0.247 e. The van der Waals surface area contributed by atoms with Crippen molar-refractivity contribution in [3.63, 3.8) is 0 Å². The van der Waals surface area contributed by atoms with Gasteiger partial charge in [-0.3, -0.25) is 9.69 Å². The summed E-state index contributed by atoms with van der Waals surface area (Å²) in [5.41, 5.74) is 3.10. The molecule has 10 heteroatoms. The van der Waals surface area contributed by atoms with Gasteiger partial charge in [-0.1, -0.05) is 42.9 Å². The fourth-order valence-electron chi connectivity index (χ4n) is 4.75. The van der Waals surface area contributed by atoms with E-state index in [1.165, 1.54) is 27.8 Å². The first kappa shape index (κ1) is 27.0. The van der Waals surface area contributed by atoms with Crippen molar-refractivity contribution in [3.8, 4) is 0 Å². The van der Waals surface area contributed by atoms with Gasteiger partial charge in [-0.05, 0) is 81.2 Å². The van der Waals surface area contributed by atoms with Gasteiger partial charge in [-0.15, -0.1) is 0 Å². The lowest BCUT2D eigenvalue weighted by molar-refractivity contribution is -0.121. The van der Waals surface area contributed by atoms with Gasteiger partial charge < -0.3 is 4.90 Å². The molecule has 1 aliphatic heterocycles. The SMILES string of the molecule is CCN(CC)CCN(C(=O)C1CCCN1S(=O)(=O)c1ccc(Cl)cc1)c1nc2c(C)cc(C)cc2s1. The van der Waals surface area contributed by atoms with Crippen molar-refractivity contribution in [2.45, 2.75) is 51.5 Å². The third kappa shape index (κ3) is 5.45. The second-order valence-electron chi connectivity index (χ2n) is 9.17. The lowest BCUT2D eigenvalue weighted by Gasteiger charge is -2.30. The Kier molecular flexibility index (Phi) is 8.36. The maximum atomic E-state index is 14.1. The van der Waals surface area contributed by atoms with Crippen LogP contribution in [0, 0.1) is 13.8 Å². The molecule has 0 bridgehead atoms. The van der Waals surface area contributed by atoms with Crippen LogP contribution in [0.5, 0.6) is 0 Å². The summed E-state index contributed by atoms with van der Waals surface area (Å²) in [6, 6.07) is 9.51.